The maximum absolute atomic E-state index is 12.6. The van der Waals surface area contributed by atoms with Gasteiger partial charge in [-0.2, -0.15) is 0 Å². The standard InChI is InChI=1S/C22H27B3N3O.C22H29B3N3.5C2H6/c1-2-18(19-10-6-7-11-20(19)25-24)22(23)26-21(29)16-27-12-14-28(15-13-27)17-8-4-3-5-9-17;1-2-19(20-10-6-7-11-21(20)25-24)22(23)26-12-13-27-14-16-28(17-15-27)18-8-4-3-5-9-18;5*1-2/h3-11,18,22H,2,12-16H2,1H3,(H,26,29);3-11,19,22,26H,2,12-17H2,1H3;5*1-2H3. The number of para-hydroxylation sites is 2. The van der Waals surface area contributed by atoms with Gasteiger partial charge in [0.2, 0.25) is 5.91 Å². The summed E-state index contributed by atoms with van der Waals surface area (Å²) in [6, 6.07) is 37.3. The molecule has 2 N–H and O–H groups in total. The molecular weight excluding hydrogens is 814 g/mol. The summed E-state index contributed by atoms with van der Waals surface area (Å²) in [7, 11) is 27.7. The molecule has 0 aliphatic carbocycles. The molecule has 0 saturated carbocycles. The summed E-state index contributed by atoms with van der Waals surface area (Å²) in [6.07, 6.45) is 1.80. The lowest BCUT2D eigenvalue weighted by Gasteiger charge is -2.36. The highest BCUT2D eigenvalue weighted by molar-refractivity contribution is 6.98. The van der Waals surface area contributed by atoms with Gasteiger partial charge in [0.1, 0.15) is 0 Å². The topological polar surface area (TPSA) is 54.1 Å². The minimum absolute atomic E-state index is 0.0184. The summed E-state index contributed by atoms with van der Waals surface area (Å²) in [5, 5.41) is 6.54. The van der Waals surface area contributed by atoms with Crippen molar-refractivity contribution in [3.8, 4) is 0 Å². The summed E-state index contributed by atoms with van der Waals surface area (Å²) >= 11 is 0. The number of benzene rings is 4. The van der Waals surface area contributed by atoms with Gasteiger partial charge in [0.25, 0.3) is 0 Å². The molecule has 2 fully saturated rings. The van der Waals surface area contributed by atoms with Gasteiger partial charge in [-0.3, -0.25) is 14.6 Å². The van der Waals surface area contributed by atoms with Gasteiger partial charge in [0, 0.05) is 92.3 Å². The number of amides is 1. The zero-order valence-corrected chi connectivity index (χ0v) is 44.1. The van der Waals surface area contributed by atoms with Crippen LogP contribution in [0.1, 0.15) is 119 Å². The summed E-state index contributed by atoms with van der Waals surface area (Å²) in [5.41, 5.74) is 6.89. The highest BCUT2D eigenvalue weighted by atomic mass is 16.2. The lowest BCUT2D eigenvalue weighted by Crippen LogP contribution is -2.51. The van der Waals surface area contributed by atoms with Crippen LogP contribution in [0.2, 0.25) is 0 Å². The molecule has 4 unspecified atom stereocenters. The molecule has 10 radical (unpaired) electrons. The van der Waals surface area contributed by atoms with Crippen LogP contribution in [0.5, 0.6) is 0 Å². The van der Waals surface area contributed by atoms with Crippen LogP contribution in [0, 0.1) is 0 Å². The number of rotatable bonds is 17. The summed E-state index contributed by atoms with van der Waals surface area (Å²) in [4.78, 5) is 22.1. The van der Waals surface area contributed by atoms with Crippen LogP contribution in [-0.2, 0) is 4.79 Å². The molecule has 0 aromatic heterocycles. The Bertz CT molecular complexity index is 1750. The molecule has 4 aromatic rings. The minimum atomic E-state index is -0.445. The van der Waals surface area contributed by atoms with Gasteiger partial charge in [-0.25, -0.2) is 0 Å². The first-order chi connectivity index (χ1) is 32.8. The Morgan fingerprint density at radius 1 is 0.522 bits per heavy atom. The second kappa shape index (κ2) is 40.1. The van der Waals surface area contributed by atoms with Gasteiger partial charge in [-0.15, -0.1) is 0 Å². The fourth-order valence-electron chi connectivity index (χ4n) is 8.07. The zero-order valence-electron chi connectivity index (χ0n) is 44.1. The maximum atomic E-state index is 12.6. The van der Waals surface area contributed by atoms with E-state index in [1.54, 1.807) is 14.3 Å². The van der Waals surface area contributed by atoms with E-state index >= 15 is 0 Å². The Hall–Kier alpha value is -3.78. The smallest absolute Gasteiger partial charge is 0.233 e. The predicted molar refractivity (Wildman–Crippen MR) is 303 cm³/mol. The molecule has 4 atom stereocenters. The van der Waals surface area contributed by atoms with Crippen molar-refractivity contribution >= 4 is 73.7 Å². The fourth-order valence-corrected chi connectivity index (χ4v) is 8.07. The van der Waals surface area contributed by atoms with Crippen molar-refractivity contribution in [2.45, 2.75) is 120 Å². The lowest BCUT2D eigenvalue weighted by atomic mass is 9.49. The molecule has 2 heterocycles. The zero-order chi connectivity index (χ0) is 50.4. The third-order valence-corrected chi connectivity index (χ3v) is 11.4. The van der Waals surface area contributed by atoms with E-state index in [-0.39, 0.29) is 23.7 Å². The van der Waals surface area contributed by atoms with Crippen molar-refractivity contribution in [1.82, 2.24) is 20.4 Å². The third kappa shape index (κ3) is 22.5. The molecule has 4 aromatic carbocycles. The van der Waals surface area contributed by atoms with Gasteiger partial charge in [-0.05, 0) is 60.8 Å². The molecular formula is C54H86B6N6O. The van der Waals surface area contributed by atoms with E-state index in [1.165, 1.54) is 16.9 Å². The van der Waals surface area contributed by atoms with Crippen LogP contribution >= 0.6 is 0 Å². The summed E-state index contributed by atoms with van der Waals surface area (Å²) < 4.78 is 0. The maximum Gasteiger partial charge on any atom is 0.233 e. The first-order valence-corrected chi connectivity index (χ1v) is 25.7. The van der Waals surface area contributed by atoms with Crippen molar-refractivity contribution in [3.63, 3.8) is 0 Å². The molecule has 0 bridgehead atoms. The van der Waals surface area contributed by atoms with E-state index in [2.05, 4.69) is 117 Å². The third-order valence-electron chi connectivity index (χ3n) is 11.4. The number of piperazine rings is 2. The van der Waals surface area contributed by atoms with Crippen LogP contribution in [-0.4, -0.2) is 145 Å². The van der Waals surface area contributed by atoms with Crippen molar-refractivity contribution < 1.29 is 4.79 Å². The SMILES string of the molecule is CC.CC.CC.CC.CC.[B][B]c1ccccc1C(CC)C([B])NC(=O)CN1CCN(c2ccccc2)CC1.[B][B]c1ccccc1C(CC)C([B])NCCN1CCN(c2ccccc2)CC1. The van der Waals surface area contributed by atoms with Crippen molar-refractivity contribution in [3.05, 3.63) is 120 Å². The first kappa shape index (κ1) is 63.2. The second-order valence-electron chi connectivity index (χ2n) is 15.0. The molecule has 13 heteroatoms. The summed E-state index contributed by atoms with van der Waals surface area (Å²) in [5.74, 6) is -0.273. The fraction of sp³-hybridized carbons (Fsp3) is 0.537. The van der Waals surface area contributed by atoms with Gasteiger partial charge in [0.05, 0.1) is 36.6 Å². The molecule has 2 aliphatic rings. The molecule has 6 rings (SSSR count). The number of carbonyl (C=O) groups is 1. The van der Waals surface area contributed by atoms with Crippen LogP contribution in [0.4, 0.5) is 11.4 Å². The van der Waals surface area contributed by atoms with Crippen molar-refractivity contribution in [1.29, 1.82) is 0 Å². The molecule has 7 nitrogen and oxygen atoms in total. The van der Waals surface area contributed by atoms with Crippen LogP contribution in [0.3, 0.4) is 0 Å². The number of hydrogen-bond donors (Lipinski definition) is 2. The Kier molecular flexibility index (Phi) is 37.9. The van der Waals surface area contributed by atoms with E-state index in [0.29, 0.717) is 6.54 Å². The van der Waals surface area contributed by atoms with Gasteiger partial charge in [-0.1, -0.05) is 190 Å². The monoisotopic (exact) mass is 901 g/mol. The number of hydrogen-bond acceptors (Lipinski definition) is 6. The highest BCUT2D eigenvalue weighted by Crippen LogP contribution is 2.22. The molecule has 67 heavy (non-hydrogen) atoms. The van der Waals surface area contributed by atoms with E-state index in [9.17, 15) is 4.79 Å². The Morgan fingerprint density at radius 2 is 0.881 bits per heavy atom. The Labute approximate surface area is 418 Å². The van der Waals surface area contributed by atoms with E-state index in [0.717, 1.165) is 94.8 Å². The molecule has 2 aliphatic heterocycles. The quantitative estimate of drug-likeness (QED) is 0.106. The number of anilines is 2. The van der Waals surface area contributed by atoms with Gasteiger partial charge < -0.3 is 20.4 Å². The molecule has 2 saturated heterocycles. The summed E-state index contributed by atoms with van der Waals surface area (Å²) in [6.45, 7) is 34.4. The number of nitrogens with zero attached hydrogens (tertiary/aromatic N) is 4. The molecule has 1 amide bonds. The average Bonchev–Trinajstić information content (AvgIpc) is 3.41. The largest absolute Gasteiger partial charge is 0.369 e. The van der Waals surface area contributed by atoms with Gasteiger partial charge >= 0.3 is 0 Å². The average molecular weight is 900 g/mol. The normalized spacial score (nSPS) is 14.9. The number of carbonyl (C=O) groups excluding carboxylic acids is 1. The second-order valence-corrected chi connectivity index (χ2v) is 15.0. The minimum Gasteiger partial charge on any atom is -0.369 e. The van der Waals surface area contributed by atoms with E-state index < -0.39 is 5.94 Å². The Morgan fingerprint density at radius 3 is 1.27 bits per heavy atom. The Balaban J connectivity index is 0.00000110. The van der Waals surface area contributed by atoms with E-state index in [4.69, 9.17) is 31.2 Å². The van der Waals surface area contributed by atoms with E-state index in [1.807, 2.05) is 106 Å². The van der Waals surface area contributed by atoms with Crippen molar-refractivity contribution in [2.75, 3.05) is 81.8 Å². The number of nitrogens with one attached hydrogen (secondary N) is 2. The molecule has 356 valence electrons. The van der Waals surface area contributed by atoms with Gasteiger partial charge in [0.15, 0.2) is 0 Å². The molecule has 0 spiro atoms. The van der Waals surface area contributed by atoms with Crippen molar-refractivity contribution in [2.24, 2.45) is 0 Å². The van der Waals surface area contributed by atoms with Crippen LogP contribution in [0.25, 0.3) is 0 Å². The first-order valence-electron chi connectivity index (χ1n) is 25.7. The highest BCUT2D eigenvalue weighted by Gasteiger charge is 2.24. The lowest BCUT2D eigenvalue weighted by molar-refractivity contribution is -0.122. The predicted octanol–water partition coefficient (Wildman–Crippen LogP) is 7.66. The van der Waals surface area contributed by atoms with Crippen LogP contribution < -0.4 is 31.4 Å². The van der Waals surface area contributed by atoms with Crippen LogP contribution in [0.15, 0.2) is 109 Å².